The number of halogens is 2. The van der Waals surface area contributed by atoms with E-state index in [4.69, 9.17) is 10.3 Å². The van der Waals surface area contributed by atoms with Crippen LogP contribution in [0.2, 0.25) is 0 Å². The average molecular weight is 413 g/mol. The largest absolute Gasteiger partial charge is 0.312 e. The van der Waals surface area contributed by atoms with Gasteiger partial charge in [0.2, 0.25) is 5.91 Å². The molecule has 2 heterocycles. The molecule has 2 aliphatic heterocycles. The first-order valence-electron chi connectivity index (χ1n) is 9.95. The van der Waals surface area contributed by atoms with E-state index >= 15 is 0 Å². The number of carbonyl (C=O) groups excluding carboxylic acids is 1. The highest BCUT2D eigenvalue weighted by Gasteiger charge is 2.54. The minimum Gasteiger partial charge on any atom is -0.312 e. The van der Waals surface area contributed by atoms with Gasteiger partial charge in [-0.3, -0.25) is 9.79 Å². The van der Waals surface area contributed by atoms with Crippen LogP contribution < -0.4 is 0 Å². The average Bonchev–Trinajstić information content (AvgIpc) is 2.77. The molecule has 1 fully saturated rings. The number of hydrogen-bond acceptors (Lipinski definition) is 3. The third kappa shape index (κ3) is 3.19. The maximum absolute atomic E-state index is 14.7. The Hall–Kier alpha value is -3.85. The molecule has 5 rings (SSSR count). The van der Waals surface area contributed by atoms with Crippen molar-refractivity contribution in [3.8, 4) is 6.07 Å². The van der Waals surface area contributed by atoms with Crippen molar-refractivity contribution < 1.29 is 13.6 Å². The van der Waals surface area contributed by atoms with Crippen LogP contribution in [0, 0.1) is 23.0 Å². The van der Waals surface area contributed by atoms with Crippen molar-refractivity contribution in [3.05, 3.63) is 107 Å². The highest BCUT2D eigenvalue weighted by molar-refractivity contribution is 6.12. The molecule has 6 heteroatoms. The molecule has 0 radical (unpaired) electrons. The van der Waals surface area contributed by atoms with E-state index in [9.17, 15) is 13.6 Å². The molecular formula is C25H17F2N3O. The summed E-state index contributed by atoms with van der Waals surface area (Å²) in [6, 6.07) is 21.6. The van der Waals surface area contributed by atoms with Crippen molar-refractivity contribution in [1.29, 1.82) is 5.26 Å². The van der Waals surface area contributed by atoms with E-state index in [-0.39, 0.29) is 18.4 Å². The Bertz CT molecular complexity index is 1230. The van der Waals surface area contributed by atoms with Crippen molar-refractivity contribution in [2.24, 2.45) is 4.99 Å². The molecule has 0 aliphatic carbocycles. The van der Waals surface area contributed by atoms with Crippen LogP contribution >= 0.6 is 0 Å². The van der Waals surface area contributed by atoms with Crippen LogP contribution in [0.3, 0.4) is 0 Å². The molecular weight excluding hydrogens is 396 g/mol. The van der Waals surface area contributed by atoms with Gasteiger partial charge in [-0.05, 0) is 34.9 Å². The number of hydrogen-bond donors (Lipinski definition) is 0. The molecule has 1 amide bonds. The van der Waals surface area contributed by atoms with E-state index in [0.717, 1.165) is 17.2 Å². The number of nitriles is 1. The maximum Gasteiger partial charge on any atom is 0.230 e. The number of fused-ring (bicyclic) bond motifs is 1. The number of carbonyl (C=O) groups is 1. The van der Waals surface area contributed by atoms with Crippen LogP contribution in [-0.4, -0.2) is 22.7 Å². The first kappa shape index (κ1) is 19.1. The number of rotatable bonds is 3. The lowest BCUT2D eigenvalue weighted by Crippen LogP contribution is -2.61. The topological polar surface area (TPSA) is 56.5 Å². The summed E-state index contributed by atoms with van der Waals surface area (Å²) in [5.41, 5.74) is 3.11. The fraction of sp³-hybridized carbons (Fsp3) is 0.160. The highest BCUT2D eigenvalue weighted by Crippen LogP contribution is 2.53. The lowest BCUT2D eigenvalue weighted by Gasteiger charge is -2.55. The van der Waals surface area contributed by atoms with Gasteiger partial charge in [0.05, 0.1) is 35.7 Å². The van der Waals surface area contributed by atoms with Crippen molar-refractivity contribution in [2.75, 3.05) is 0 Å². The van der Waals surface area contributed by atoms with Crippen molar-refractivity contribution >= 4 is 11.6 Å². The second-order valence-electron chi connectivity index (χ2n) is 7.70. The van der Waals surface area contributed by atoms with E-state index in [2.05, 4.69) is 6.07 Å². The molecule has 2 aliphatic rings. The predicted octanol–water partition coefficient (Wildman–Crippen LogP) is 4.72. The van der Waals surface area contributed by atoms with Crippen LogP contribution in [0.1, 0.15) is 40.6 Å². The zero-order valence-electron chi connectivity index (χ0n) is 16.4. The second kappa shape index (κ2) is 7.44. The summed E-state index contributed by atoms with van der Waals surface area (Å²) in [5, 5.41) is 9.01. The monoisotopic (exact) mass is 413 g/mol. The number of benzene rings is 3. The molecule has 3 aromatic rings. The minimum absolute atomic E-state index is 0.0908. The van der Waals surface area contributed by atoms with Gasteiger partial charge in [-0.25, -0.2) is 8.78 Å². The van der Waals surface area contributed by atoms with E-state index in [0.29, 0.717) is 16.8 Å². The summed E-state index contributed by atoms with van der Waals surface area (Å²) in [5.74, 6) is -1.80. The molecule has 152 valence electrons. The van der Waals surface area contributed by atoms with Crippen LogP contribution in [0.25, 0.3) is 0 Å². The third-order valence-corrected chi connectivity index (χ3v) is 5.95. The van der Waals surface area contributed by atoms with Gasteiger partial charge in [0.1, 0.15) is 17.8 Å². The quantitative estimate of drug-likeness (QED) is 0.624. The molecule has 1 saturated heterocycles. The summed E-state index contributed by atoms with van der Waals surface area (Å²) in [6.07, 6.45) is -0.443. The fourth-order valence-electron chi connectivity index (χ4n) is 4.49. The Labute approximate surface area is 178 Å². The fourth-order valence-corrected chi connectivity index (χ4v) is 4.49. The normalized spacial score (nSPS) is 22.2. The standard InChI is InChI=1S/C25H17F2N3O/c26-18-10-11-19(20(27)12-18)23-24(17-4-2-1-3-5-17)30-22(31)13-21(29-25(23)30)16-8-6-15(14-28)7-9-16/h1-12,23-25H,13H2. The van der Waals surface area contributed by atoms with Gasteiger partial charge >= 0.3 is 0 Å². The zero-order chi connectivity index (χ0) is 21.5. The predicted molar refractivity (Wildman–Crippen MR) is 111 cm³/mol. The Balaban J connectivity index is 1.59. The lowest BCUT2D eigenvalue weighted by molar-refractivity contribution is -0.148. The molecule has 3 aromatic carbocycles. The van der Waals surface area contributed by atoms with Crippen LogP contribution in [0.4, 0.5) is 8.78 Å². The summed E-state index contributed by atoms with van der Waals surface area (Å²) in [7, 11) is 0. The molecule has 0 saturated carbocycles. The van der Waals surface area contributed by atoms with Gasteiger partial charge in [0.15, 0.2) is 0 Å². The molecule has 0 N–H and O–H groups in total. The van der Waals surface area contributed by atoms with E-state index in [1.807, 2.05) is 30.3 Å². The van der Waals surface area contributed by atoms with Crippen molar-refractivity contribution in [3.63, 3.8) is 0 Å². The summed E-state index contributed by atoms with van der Waals surface area (Å²) in [4.78, 5) is 19.6. The van der Waals surface area contributed by atoms with Gasteiger partial charge in [0.25, 0.3) is 0 Å². The van der Waals surface area contributed by atoms with Crippen LogP contribution in [0.5, 0.6) is 0 Å². The summed E-state index contributed by atoms with van der Waals surface area (Å²) >= 11 is 0. The van der Waals surface area contributed by atoms with Crippen LogP contribution in [-0.2, 0) is 4.79 Å². The zero-order valence-corrected chi connectivity index (χ0v) is 16.4. The number of nitrogens with zero attached hydrogens (tertiary/aromatic N) is 3. The van der Waals surface area contributed by atoms with E-state index in [1.165, 1.54) is 12.1 Å². The Morgan fingerprint density at radius 3 is 2.42 bits per heavy atom. The molecule has 3 unspecified atom stereocenters. The molecule has 3 atom stereocenters. The first-order chi connectivity index (χ1) is 15.1. The van der Waals surface area contributed by atoms with E-state index in [1.54, 1.807) is 29.2 Å². The molecule has 0 bridgehead atoms. The van der Waals surface area contributed by atoms with Crippen molar-refractivity contribution in [1.82, 2.24) is 4.90 Å². The number of aliphatic imine (C=N–C) groups is 1. The van der Waals surface area contributed by atoms with Gasteiger partial charge in [-0.15, -0.1) is 0 Å². The van der Waals surface area contributed by atoms with Gasteiger partial charge < -0.3 is 4.90 Å². The molecule has 0 spiro atoms. The van der Waals surface area contributed by atoms with Crippen LogP contribution in [0.15, 0.2) is 77.8 Å². The highest BCUT2D eigenvalue weighted by atomic mass is 19.1. The first-order valence-corrected chi connectivity index (χ1v) is 9.95. The summed E-state index contributed by atoms with van der Waals surface area (Å²) in [6.45, 7) is 0. The Morgan fingerprint density at radius 1 is 1.00 bits per heavy atom. The SMILES string of the molecule is N#Cc1ccc(C2=NC3C(c4ccc(F)cc4F)C(c4ccccc4)N3C(=O)C2)cc1. The second-order valence-corrected chi connectivity index (χ2v) is 7.70. The molecule has 4 nitrogen and oxygen atoms in total. The smallest absolute Gasteiger partial charge is 0.230 e. The maximum atomic E-state index is 14.7. The molecule has 0 aromatic heterocycles. The van der Waals surface area contributed by atoms with Gasteiger partial charge in [0, 0.05) is 6.07 Å². The van der Waals surface area contributed by atoms with Gasteiger partial charge in [-0.1, -0.05) is 48.5 Å². The lowest BCUT2D eigenvalue weighted by atomic mass is 9.74. The van der Waals surface area contributed by atoms with Gasteiger partial charge in [-0.2, -0.15) is 5.26 Å². The Morgan fingerprint density at radius 2 is 1.74 bits per heavy atom. The Kier molecular flexibility index (Phi) is 4.59. The molecule has 31 heavy (non-hydrogen) atoms. The summed E-state index contributed by atoms with van der Waals surface area (Å²) < 4.78 is 28.3. The van der Waals surface area contributed by atoms with E-state index < -0.39 is 23.7 Å². The third-order valence-electron chi connectivity index (χ3n) is 5.95. The minimum atomic E-state index is -0.643. The van der Waals surface area contributed by atoms with Crippen molar-refractivity contribution in [2.45, 2.75) is 24.5 Å². The number of amides is 1.